The molecule has 1 aliphatic rings. The van der Waals surface area contributed by atoms with Crippen LogP contribution in [0.25, 0.3) is 0 Å². The van der Waals surface area contributed by atoms with Gasteiger partial charge < -0.3 is 4.90 Å². The summed E-state index contributed by atoms with van der Waals surface area (Å²) in [5, 5.41) is 0. The van der Waals surface area contributed by atoms with Crippen LogP contribution in [-0.4, -0.2) is 73.1 Å². The summed E-state index contributed by atoms with van der Waals surface area (Å²) in [5.74, 6) is 0. The first-order valence-corrected chi connectivity index (χ1v) is 10.6. The van der Waals surface area contributed by atoms with Gasteiger partial charge in [-0.05, 0) is 85.8 Å². The van der Waals surface area contributed by atoms with Crippen molar-refractivity contribution < 1.29 is 13.2 Å². The van der Waals surface area contributed by atoms with E-state index >= 15 is 0 Å². The number of alkyl halides is 3. The minimum atomic E-state index is -4.29. The van der Waals surface area contributed by atoms with Crippen LogP contribution < -0.4 is 0 Å². The molecule has 29 heavy (non-hydrogen) atoms. The molecule has 2 rings (SSSR count). The Hall–Kier alpha value is -1.11. The summed E-state index contributed by atoms with van der Waals surface area (Å²) in [6.45, 7) is 10.7. The molecule has 0 N–H and O–H groups in total. The third-order valence-electron chi connectivity index (χ3n) is 6.33. The van der Waals surface area contributed by atoms with Crippen LogP contribution in [0.1, 0.15) is 51.2 Å². The minimum absolute atomic E-state index is 0.0181. The fourth-order valence-electron chi connectivity index (χ4n) is 4.26. The van der Waals surface area contributed by atoms with Crippen molar-refractivity contribution in [2.75, 3.05) is 47.3 Å². The van der Waals surface area contributed by atoms with Gasteiger partial charge in [0.05, 0.1) is 5.56 Å². The number of benzene rings is 1. The van der Waals surface area contributed by atoms with Gasteiger partial charge in [0.25, 0.3) is 0 Å². The van der Waals surface area contributed by atoms with E-state index in [1.54, 1.807) is 0 Å². The Morgan fingerprint density at radius 1 is 1.07 bits per heavy atom. The lowest BCUT2D eigenvalue weighted by atomic mass is 9.80. The molecule has 1 saturated heterocycles. The molecule has 0 spiro atoms. The van der Waals surface area contributed by atoms with E-state index in [0.717, 1.165) is 57.1 Å². The van der Waals surface area contributed by atoms with Crippen molar-refractivity contribution in [3.8, 4) is 0 Å². The van der Waals surface area contributed by atoms with Gasteiger partial charge in [-0.15, -0.1) is 0 Å². The number of hydrogen-bond acceptors (Lipinski definition) is 3. The van der Waals surface area contributed by atoms with Crippen molar-refractivity contribution in [1.29, 1.82) is 0 Å². The number of aryl methyl sites for hydroxylation is 1. The molecule has 3 nitrogen and oxygen atoms in total. The van der Waals surface area contributed by atoms with Gasteiger partial charge >= 0.3 is 6.18 Å². The van der Waals surface area contributed by atoms with Crippen molar-refractivity contribution in [3.63, 3.8) is 0 Å². The van der Waals surface area contributed by atoms with Crippen molar-refractivity contribution in [2.45, 2.75) is 63.7 Å². The molecular weight excluding hydrogens is 375 g/mol. The van der Waals surface area contributed by atoms with E-state index in [1.807, 2.05) is 6.07 Å². The van der Waals surface area contributed by atoms with Gasteiger partial charge in [0.1, 0.15) is 0 Å². The molecular formula is C23H38F3N3. The Morgan fingerprint density at radius 3 is 2.34 bits per heavy atom. The zero-order valence-electron chi connectivity index (χ0n) is 18.9. The van der Waals surface area contributed by atoms with E-state index < -0.39 is 11.7 Å². The smallest absolute Gasteiger partial charge is 0.308 e. The number of nitrogens with zero attached hydrogens (tertiary/aromatic N) is 3. The van der Waals surface area contributed by atoms with Gasteiger partial charge in [-0.3, -0.25) is 9.80 Å². The number of piperidine rings is 1. The van der Waals surface area contributed by atoms with Crippen LogP contribution in [0.5, 0.6) is 0 Å². The second-order valence-electron chi connectivity index (χ2n) is 9.84. The second kappa shape index (κ2) is 9.36. The van der Waals surface area contributed by atoms with Gasteiger partial charge in [-0.1, -0.05) is 18.2 Å². The second-order valence-corrected chi connectivity index (χ2v) is 9.84. The highest BCUT2D eigenvalue weighted by Crippen LogP contribution is 2.35. The first kappa shape index (κ1) is 24.2. The Balaban J connectivity index is 2.22. The molecule has 166 valence electrons. The highest BCUT2D eigenvalue weighted by molar-refractivity contribution is 5.26. The Bertz CT molecular complexity index is 652. The molecule has 1 heterocycles. The molecule has 1 aliphatic heterocycles. The Morgan fingerprint density at radius 2 is 1.76 bits per heavy atom. The number of hydrogen-bond donors (Lipinski definition) is 0. The van der Waals surface area contributed by atoms with Gasteiger partial charge in [-0.25, -0.2) is 0 Å². The summed E-state index contributed by atoms with van der Waals surface area (Å²) in [6, 6.07) is 5.83. The third-order valence-corrected chi connectivity index (χ3v) is 6.33. The topological polar surface area (TPSA) is 9.72 Å². The summed E-state index contributed by atoms with van der Waals surface area (Å²) < 4.78 is 39.3. The predicted octanol–water partition coefficient (Wildman–Crippen LogP) is 4.76. The molecule has 0 aliphatic carbocycles. The van der Waals surface area contributed by atoms with Crippen LogP contribution >= 0.6 is 0 Å². The molecule has 0 unspecified atom stereocenters. The molecule has 1 aromatic rings. The normalized spacial score (nSPS) is 21.9. The van der Waals surface area contributed by atoms with Crippen LogP contribution in [0.3, 0.4) is 0 Å². The maximum atomic E-state index is 13.1. The first-order valence-electron chi connectivity index (χ1n) is 10.6. The highest BCUT2D eigenvalue weighted by atomic mass is 19.4. The molecule has 1 fully saturated rings. The maximum Gasteiger partial charge on any atom is 0.416 e. The van der Waals surface area contributed by atoms with Crippen molar-refractivity contribution >= 4 is 0 Å². The number of likely N-dealkylation sites (N-methyl/N-ethyl adjacent to an activating group) is 2. The van der Waals surface area contributed by atoms with Gasteiger partial charge in [0.2, 0.25) is 0 Å². The average Bonchev–Trinajstić information content (AvgIpc) is 2.63. The summed E-state index contributed by atoms with van der Waals surface area (Å²) in [7, 11) is 6.33. The van der Waals surface area contributed by atoms with Crippen LogP contribution in [0.4, 0.5) is 13.2 Å². The summed E-state index contributed by atoms with van der Waals surface area (Å²) >= 11 is 0. The molecule has 1 aromatic carbocycles. The first-order chi connectivity index (χ1) is 13.3. The standard InChI is InChI=1S/C23H38F3N3/c1-21(2,3)29-14-8-12-22(18-29,28(6)16-15-27(4)5)13-11-19-9-7-10-20(17-19)23(24,25)26/h7,9-10,17H,8,11-16,18H2,1-6H3/t22-/m1/s1. The maximum absolute atomic E-state index is 13.1. The molecule has 0 bridgehead atoms. The van der Waals surface area contributed by atoms with Crippen molar-refractivity contribution in [1.82, 2.24) is 14.7 Å². The third kappa shape index (κ3) is 6.69. The van der Waals surface area contributed by atoms with Crippen LogP contribution in [0, 0.1) is 0 Å². The van der Waals surface area contributed by atoms with E-state index in [4.69, 9.17) is 0 Å². The van der Waals surface area contributed by atoms with Crippen LogP contribution in [0.15, 0.2) is 24.3 Å². The largest absolute Gasteiger partial charge is 0.416 e. The molecule has 0 radical (unpaired) electrons. The van der Waals surface area contributed by atoms with Crippen LogP contribution in [-0.2, 0) is 12.6 Å². The number of rotatable bonds is 7. The average molecular weight is 414 g/mol. The SMILES string of the molecule is CN(C)CCN(C)[C@@]1(CCc2cccc(C(F)(F)F)c2)CCCN(C(C)(C)C)C1. The minimum Gasteiger partial charge on any atom is -0.308 e. The molecule has 0 amide bonds. The monoisotopic (exact) mass is 413 g/mol. The highest BCUT2D eigenvalue weighted by Gasteiger charge is 2.41. The van der Waals surface area contributed by atoms with E-state index in [9.17, 15) is 13.2 Å². The fourth-order valence-corrected chi connectivity index (χ4v) is 4.26. The van der Waals surface area contributed by atoms with Crippen molar-refractivity contribution in [2.24, 2.45) is 0 Å². The lowest BCUT2D eigenvalue weighted by Gasteiger charge is -2.52. The lowest BCUT2D eigenvalue weighted by molar-refractivity contribution is -0.137. The fraction of sp³-hybridized carbons (Fsp3) is 0.739. The van der Waals surface area contributed by atoms with Gasteiger partial charge in [0, 0.05) is 30.7 Å². The zero-order valence-corrected chi connectivity index (χ0v) is 18.9. The van der Waals surface area contributed by atoms with Gasteiger partial charge in [0.15, 0.2) is 0 Å². The molecule has 6 heteroatoms. The van der Waals surface area contributed by atoms with E-state index in [0.29, 0.717) is 6.42 Å². The molecule has 0 saturated carbocycles. The number of halogens is 3. The lowest BCUT2D eigenvalue weighted by Crippen LogP contribution is -2.61. The van der Waals surface area contributed by atoms with E-state index in [2.05, 4.69) is 56.6 Å². The zero-order chi connectivity index (χ0) is 21.9. The quantitative estimate of drug-likeness (QED) is 0.638. The Kier molecular flexibility index (Phi) is 7.80. The summed E-state index contributed by atoms with van der Waals surface area (Å²) in [6.07, 6.45) is -0.558. The number of likely N-dealkylation sites (tertiary alicyclic amines) is 1. The summed E-state index contributed by atoms with van der Waals surface area (Å²) in [5.41, 5.74) is 0.290. The van der Waals surface area contributed by atoms with Gasteiger partial charge in [-0.2, -0.15) is 13.2 Å². The molecule has 1 atom stereocenters. The van der Waals surface area contributed by atoms with E-state index in [-0.39, 0.29) is 11.1 Å². The molecule has 0 aromatic heterocycles. The summed E-state index contributed by atoms with van der Waals surface area (Å²) in [4.78, 5) is 7.18. The van der Waals surface area contributed by atoms with E-state index in [1.165, 1.54) is 12.1 Å². The van der Waals surface area contributed by atoms with Crippen LogP contribution in [0.2, 0.25) is 0 Å². The Labute approximate surface area is 174 Å². The predicted molar refractivity (Wildman–Crippen MR) is 114 cm³/mol. The van der Waals surface area contributed by atoms with Crippen molar-refractivity contribution in [3.05, 3.63) is 35.4 Å².